The van der Waals surface area contributed by atoms with Crippen LogP contribution in [0.2, 0.25) is 0 Å². The third kappa shape index (κ3) is 6.83. The second kappa shape index (κ2) is 11.2. The molecule has 32 heavy (non-hydrogen) atoms. The van der Waals surface area contributed by atoms with Crippen LogP contribution in [0, 0.1) is 6.92 Å². The number of hydrogen-bond acceptors (Lipinski definition) is 5. The number of rotatable bonds is 7. The molecule has 0 atom stereocenters. The molecule has 0 saturated carbocycles. The number of carbonyl (C=O) groups is 1. The van der Waals surface area contributed by atoms with Gasteiger partial charge in [-0.1, -0.05) is 37.5 Å². The molecule has 6 nitrogen and oxygen atoms in total. The van der Waals surface area contributed by atoms with Crippen molar-refractivity contribution in [3.05, 3.63) is 41.6 Å². The lowest BCUT2D eigenvalue weighted by atomic mass is 10.1. The van der Waals surface area contributed by atoms with Crippen LogP contribution in [-0.4, -0.2) is 40.4 Å². The van der Waals surface area contributed by atoms with Crippen LogP contribution in [0.5, 0.6) is 0 Å². The zero-order valence-electron chi connectivity index (χ0n) is 18.3. The third-order valence-electron chi connectivity index (χ3n) is 5.55. The molecule has 9 heteroatoms. The average Bonchev–Trinajstić information content (AvgIpc) is 2.84. The number of alkyl halides is 3. The number of aromatic nitrogens is 2. The van der Waals surface area contributed by atoms with Crippen LogP contribution >= 0.6 is 0 Å². The van der Waals surface area contributed by atoms with E-state index in [-0.39, 0.29) is 24.2 Å². The molecule has 0 aliphatic carbocycles. The largest absolute Gasteiger partial charge is 0.421 e. The first-order chi connectivity index (χ1) is 15.3. The van der Waals surface area contributed by atoms with Crippen molar-refractivity contribution in [2.24, 2.45) is 0 Å². The standard InChI is InChI=1S/C23H30F3N5O/c1-17-10-6-7-11-19(17)29-22-28-16-18(23(24,25)26)21(30-22)27-13-9-15-31-14-8-4-2-3-5-12-20(31)32/h6-7,10-11,16H,2-5,8-9,12-15H2,1H3,(H2,27,28,29,30). The Kier molecular flexibility index (Phi) is 8.30. The van der Waals surface area contributed by atoms with Crippen LogP contribution in [0.25, 0.3) is 0 Å². The molecule has 1 aliphatic rings. The van der Waals surface area contributed by atoms with Crippen molar-refractivity contribution in [3.63, 3.8) is 0 Å². The van der Waals surface area contributed by atoms with Gasteiger partial charge >= 0.3 is 6.18 Å². The molecule has 2 aromatic rings. The van der Waals surface area contributed by atoms with Crippen molar-refractivity contribution in [1.82, 2.24) is 14.9 Å². The molecular formula is C23H30F3N5O. The van der Waals surface area contributed by atoms with E-state index in [0.29, 0.717) is 25.9 Å². The van der Waals surface area contributed by atoms with Crippen molar-refractivity contribution in [1.29, 1.82) is 0 Å². The quantitative estimate of drug-likeness (QED) is 0.544. The number of para-hydroxylation sites is 1. The maximum absolute atomic E-state index is 13.5. The minimum atomic E-state index is -4.57. The first kappa shape index (κ1) is 23.8. The summed E-state index contributed by atoms with van der Waals surface area (Å²) in [5, 5.41) is 5.78. The number of hydrogen-bond donors (Lipinski definition) is 2. The van der Waals surface area contributed by atoms with E-state index in [2.05, 4.69) is 20.6 Å². The van der Waals surface area contributed by atoms with Gasteiger partial charge in [0.15, 0.2) is 0 Å². The lowest BCUT2D eigenvalue weighted by Gasteiger charge is -2.22. The Bertz CT molecular complexity index is 903. The van der Waals surface area contributed by atoms with Crippen LogP contribution in [-0.2, 0) is 11.0 Å². The minimum Gasteiger partial charge on any atom is -0.369 e. The zero-order chi connectivity index (χ0) is 23.0. The van der Waals surface area contributed by atoms with Gasteiger partial charge in [-0.05, 0) is 37.8 Å². The number of amides is 1. The summed E-state index contributed by atoms with van der Waals surface area (Å²) < 4.78 is 40.4. The number of aryl methyl sites for hydroxylation is 1. The van der Waals surface area contributed by atoms with E-state index in [1.807, 2.05) is 36.1 Å². The molecule has 0 bridgehead atoms. The molecule has 1 aromatic heterocycles. The summed E-state index contributed by atoms with van der Waals surface area (Å²) in [6, 6.07) is 7.40. The van der Waals surface area contributed by atoms with Gasteiger partial charge < -0.3 is 15.5 Å². The van der Waals surface area contributed by atoms with E-state index in [0.717, 1.165) is 49.6 Å². The van der Waals surface area contributed by atoms with Crippen LogP contribution in [0.4, 0.5) is 30.6 Å². The molecule has 1 fully saturated rings. The summed E-state index contributed by atoms with van der Waals surface area (Å²) in [6.45, 7) is 3.39. The summed E-state index contributed by atoms with van der Waals surface area (Å²) >= 11 is 0. The summed E-state index contributed by atoms with van der Waals surface area (Å²) in [5.74, 6) is -0.0426. The van der Waals surface area contributed by atoms with E-state index in [1.54, 1.807) is 0 Å². The fourth-order valence-corrected chi connectivity index (χ4v) is 3.72. The first-order valence-corrected chi connectivity index (χ1v) is 11.1. The fourth-order valence-electron chi connectivity index (χ4n) is 3.72. The summed E-state index contributed by atoms with van der Waals surface area (Å²) in [4.78, 5) is 22.1. The molecule has 1 saturated heterocycles. The Hall–Kier alpha value is -2.84. The van der Waals surface area contributed by atoms with E-state index in [9.17, 15) is 18.0 Å². The van der Waals surface area contributed by atoms with E-state index >= 15 is 0 Å². The Morgan fingerprint density at radius 3 is 2.62 bits per heavy atom. The van der Waals surface area contributed by atoms with Gasteiger partial charge in [0.2, 0.25) is 11.9 Å². The molecule has 0 radical (unpaired) electrons. The Morgan fingerprint density at radius 1 is 1.09 bits per heavy atom. The minimum absolute atomic E-state index is 0.0880. The summed E-state index contributed by atoms with van der Waals surface area (Å²) in [5.41, 5.74) is 0.746. The van der Waals surface area contributed by atoms with Gasteiger partial charge in [0.25, 0.3) is 0 Å². The maximum Gasteiger partial charge on any atom is 0.421 e. The SMILES string of the molecule is Cc1ccccc1Nc1ncc(C(F)(F)F)c(NCCCN2CCCCCCCC2=O)n1. The molecule has 1 amide bonds. The van der Waals surface area contributed by atoms with Crippen molar-refractivity contribution in [2.75, 3.05) is 30.3 Å². The molecule has 1 aromatic carbocycles. The highest BCUT2D eigenvalue weighted by Gasteiger charge is 2.35. The summed E-state index contributed by atoms with van der Waals surface area (Å²) in [7, 11) is 0. The average molecular weight is 450 g/mol. The van der Waals surface area contributed by atoms with Crippen molar-refractivity contribution in [3.8, 4) is 0 Å². The predicted molar refractivity (Wildman–Crippen MR) is 119 cm³/mol. The van der Waals surface area contributed by atoms with Gasteiger partial charge in [0, 0.05) is 37.9 Å². The second-order valence-electron chi connectivity index (χ2n) is 8.07. The monoisotopic (exact) mass is 449 g/mol. The normalized spacial score (nSPS) is 15.6. The maximum atomic E-state index is 13.5. The Morgan fingerprint density at radius 2 is 1.84 bits per heavy atom. The molecule has 0 unspecified atom stereocenters. The van der Waals surface area contributed by atoms with E-state index in [4.69, 9.17) is 0 Å². The Labute approximate surface area is 186 Å². The van der Waals surface area contributed by atoms with Crippen molar-refractivity contribution < 1.29 is 18.0 Å². The highest BCUT2D eigenvalue weighted by molar-refractivity contribution is 5.76. The number of anilines is 3. The lowest BCUT2D eigenvalue weighted by Crippen LogP contribution is -2.33. The van der Waals surface area contributed by atoms with E-state index < -0.39 is 11.7 Å². The second-order valence-corrected chi connectivity index (χ2v) is 8.07. The van der Waals surface area contributed by atoms with Crippen molar-refractivity contribution >= 4 is 23.4 Å². The van der Waals surface area contributed by atoms with Gasteiger partial charge in [0.1, 0.15) is 11.4 Å². The third-order valence-corrected chi connectivity index (χ3v) is 5.55. The highest BCUT2D eigenvalue weighted by atomic mass is 19.4. The van der Waals surface area contributed by atoms with Crippen LogP contribution in [0.15, 0.2) is 30.5 Å². The number of halogens is 3. The molecule has 1 aliphatic heterocycles. The topological polar surface area (TPSA) is 70.2 Å². The van der Waals surface area contributed by atoms with Crippen LogP contribution in [0.3, 0.4) is 0 Å². The molecule has 3 rings (SSSR count). The lowest BCUT2D eigenvalue weighted by molar-refractivity contribution is -0.137. The fraction of sp³-hybridized carbons (Fsp3) is 0.522. The van der Waals surface area contributed by atoms with Gasteiger partial charge in [-0.25, -0.2) is 4.98 Å². The van der Waals surface area contributed by atoms with Gasteiger partial charge in [-0.15, -0.1) is 0 Å². The molecule has 2 N–H and O–H groups in total. The van der Waals surface area contributed by atoms with Gasteiger partial charge in [-0.2, -0.15) is 18.2 Å². The number of carbonyl (C=O) groups excluding carboxylic acids is 1. The smallest absolute Gasteiger partial charge is 0.369 e. The predicted octanol–water partition coefficient (Wildman–Crippen LogP) is 5.53. The molecule has 0 spiro atoms. The van der Waals surface area contributed by atoms with Crippen LogP contribution in [0.1, 0.15) is 56.1 Å². The number of benzene rings is 1. The number of nitrogens with one attached hydrogen (secondary N) is 2. The molecular weight excluding hydrogens is 419 g/mol. The molecule has 174 valence electrons. The highest BCUT2D eigenvalue weighted by Crippen LogP contribution is 2.34. The zero-order valence-corrected chi connectivity index (χ0v) is 18.3. The Balaban J connectivity index is 1.64. The van der Waals surface area contributed by atoms with E-state index in [1.165, 1.54) is 0 Å². The van der Waals surface area contributed by atoms with Crippen LogP contribution < -0.4 is 10.6 Å². The number of nitrogens with zero attached hydrogens (tertiary/aromatic N) is 3. The van der Waals surface area contributed by atoms with Crippen molar-refractivity contribution in [2.45, 2.75) is 58.0 Å². The van der Waals surface area contributed by atoms with Gasteiger partial charge in [0.05, 0.1) is 0 Å². The molecule has 2 heterocycles. The summed E-state index contributed by atoms with van der Waals surface area (Å²) in [6.07, 6.45) is 2.51. The van der Waals surface area contributed by atoms with Gasteiger partial charge in [-0.3, -0.25) is 4.79 Å². The first-order valence-electron chi connectivity index (χ1n) is 11.1.